The Morgan fingerprint density at radius 2 is 1.41 bits per heavy atom. The molecule has 162 valence electrons. The first kappa shape index (κ1) is 24.5. The third-order valence-electron chi connectivity index (χ3n) is 3.30. The van der Waals surface area contributed by atoms with Gasteiger partial charge in [0, 0.05) is 12.0 Å². The van der Waals surface area contributed by atoms with Crippen LogP contribution in [0, 0.1) is 17.5 Å². The average Bonchev–Trinajstić information content (AvgIpc) is 2.52. The maximum absolute atomic E-state index is 13.4. The summed E-state index contributed by atoms with van der Waals surface area (Å²) < 4.78 is 50.2. The first-order chi connectivity index (χ1) is 13.1. The molecule has 0 heterocycles. The van der Waals surface area contributed by atoms with Crippen molar-refractivity contribution in [3.63, 3.8) is 0 Å². The van der Waals surface area contributed by atoms with Crippen LogP contribution in [-0.2, 0) is 19.1 Å². The van der Waals surface area contributed by atoms with Gasteiger partial charge in [0.05, 0.1) is 0 Å². The molecule has 1 aromatic rings. The number of halogens is 3. The molecule has 9 heteroatoms. The molecule has 0 aliphatic carbocycles. The van der Waals surface area contributed by atoms with Crippen molar-refractivity contribution in [3.8, 4) is 0 Å². The fourth-order valence-electron chi connectivity index (χ4n) is 2.20. The SMILES string of the molecule is CC(C)(C)OC(=O)CC[C@H](NC(=O)c1cc(F)c(F)c(F)c1)C(=O)OC(C)(C)C. The van der Waals surface area contributed by atoms with Crippen LogP contribution in [0.3, 0.4) is 0 Å². The summed E-state index contributed by atoms with van der Waals surface area (Å²) in [5.41, 5.74) is -2.13. The molecular weight excluding hydrogens is 391 g/mol. The van der Waals surface area contributed by atoms with E-state index in [4.69, 9.17) is 9.47 Å². The van der Waals surface area contributed by atoms with Crippen LogP contribution in [0.2, 0.25) is 0 Å². The van der Waals surface area contributed by atoms with Gasteiger partial charge in [-0.1, -0.05) is 0 Å². The number of carbonyl (C=O) groups is 3. The summed E-state index contributed by atoms with van der Waals surface area (Å²) in [6, 6.07) is -0.271. The monoisotopic (exact) mass is 417 g/mol. The van der Waals surface area contributed by atoms with Crippen molar-refractivity contribution >= 4 is 17.8 Å². The summed E-state index contributed by atoms with van der Waals surface area (Å²) in [5.74, 6) is -7.26. The highest BCUT2D eigenvalue weighted by molar-refractivity contribution is 5.97. The predicted octanol–water partition coefficient (Wildman–Crippen LogP) is 3.67. The van der Waals surface area contributed by atoms with E-state index >= 15 is 0 Å². The summed E-state index contributed by atoms with van der Waals surface area (Å²) in [6.45, 7) is 9.87. The summed E-state index contributed by atoms with van der Waals surface area (Å²) in [6.07, 6.45) is -0.380. The molecule has 0 saturated carbocycles. The van der Waals surface area contributed by atoms with Crippen molar-refractivity contribution in [1.29, 1.82) is 0 Å². The van der Waals surface area contributed by atoms with E-state index in [1.165, 1.54) is 0 Å². The van der Waals surface area contributed by atoms with Gasteiger partial charge in [-0.15, -0.1) is 0 Å². The van der Waals surface area contributed by atoms with Crippen molar-refractivity contribution in [2.24, 2.45) is 0 Å². The van der Waals surface area contributed by atoms with Crippen molar-refractivity contribution in [1.82, 2.24) is 5.32 Å². The lowest BCUT2D eigenvalue weighted by Gasteiger charge is -2.25. The lowest BCUT2D eigenvalue weighted by molar-refractivity contribution is -0.158. The van der Waals surface area contributed by atoms with Crippen molar-refractivity contribution < 1.29 is 37.0 Å². The largest absolute Gasteiger partial charge is 0.460 e. The molecule has 29 heavy (non-hydrogen) atoms. The smallest absolute Gasteiger partial charge is 0.329 e. The van der Waals surface area contributed by atoms with Crippen LogP contribution in [0.4, 0.5) is 13.2 Å². The van der Waals surface area contributed by atoms with E-state index < -0.39 is 58.1 Å². The zero-order valence-electron chi connectivity index (χ0n) is 17.3. The molecule has 0 spiro atoms. The van der Waals surface area contributed by atoms with E-state index in [1.807, 2.05) is 0 Å². The Kier molecular flexibility index (Phi) is 7.83. The Morgan fingerprint density at radius 1 is 0.931 bits per heavy atom. The molecule has 1 aromatic carbocycles. The number of rotatable bonds is 6. The molecule has 0 fully saturated rings. The van der Waals surface area contributed by atoms with Crippen LogP contribution in [0.1, 0.15) is 64.7 Å². The minimum absolute atomic E-state index is 0.165. The van der Waals surface area contributed by atoms with Gasteiger partial charge < -0.3 is 14.8 Å². The van der Waals surface area contributed by atoms with Crippen LogP contribution < -0.4 is 5.32 Å². The second kappa shape index (κ2) is 9.28. The molecule has 1 rings (SSSR count). The van der Waals surface area contributed by atoms with Crippen molar-refractivity contribution in [2.75, 3.05) is 0 Å². The third kappa shape index (κ3) is 8.53. The quantitative estimate of drug-likeness (QED) is 0.564. The van der Waals surface area contributed by atoms with Crippen LogP contribution >= 0.6 is 0 Å². The zero-order chi connectivity index (χ0) is 22.6. The number of ether oxygens (including phenoxy) is 2. The number of hydrogen-bond donors (Lipinski definition) is 1. The maximum Gasteiger partial charge on any atom is 0.329 e. The molecular formula is C20H26F3NO5. The molecule has 0 aromatic heterocycles. The van der Waals surface area contributed by atoms with E-state index in [1.54, 1.807) is 41.5 Å². The Labute approximate surface area is 167 Å². The number of nitrogens with one attached hydrogen (secondary N) is 1. The minimum atomic E-state index is -1.71. The Hall–Kier alpha value is -2.58. The second-order valence-corrected chi connectivity index (χ2v) is 8.44. The Morgan fingerprint density at radius 3 is 1.86 bits per heavy atom. The van der Waals surface area contributed by atoms with Crippen molar-refractivity contribution in [2.45, 2.75) is 71.6 Å². The van der Waals surface area contributed by atoms with Gasteiger partial charge >= 0.3 is 11.9 Å². The molecule has 0 bridgehead atoms. The summed E-state index contributed by atoms with van der Waals surface area (Å²) >= 11 is 0. The Balaban J connectivity index is 2.97. The molecule has 6 nitrogen and oxygen atoms in total. The molecule has 0 unspecified atom stereocenters. The zero-order valence-corrected chi connectivity index (χ0v) is 17.3. The number of carbonyl (C=O) groups excluding carboxylic acids is 3. The minimum Gasteiger partial charge on any atom is -0.460 e. The van der Waals surface area contributed by atoms with E-state index in [0.29, 0.717) is 12.1 Å². The van der Waals surface area contributed by atoms with Crippen LogP contribution in [0.5, 0.6) is 0 Å². The van der Waals surface area contributed by atoms with E-state index in [9.17, 15) is 27.6 Å². The number of benzene rings is 1. The summed E-state index contributed by atoms with van der Waals surface area (Å²) in [7, 11) is 0. The van der Waals surface area contributed by atoms with Gasteiger partial charge in [-0.2, -0.15) is 0 Å². The highest BCUT2D eigenvalue weighted by Crippen LogP contribution is 2.16. The van der Waals surface area contributed by atoms with E-state index in [-0.39, 0.29) is 12.8 Å². The molecule has 1 atom stereocenters. The fraction of sp³-hybridized carbons (Fsp3) is 0.550. The predicted molar refractivity (Wildman–Crippen MR) is 98.5 cm³/mol. The first-order valence-electron chi connectivity index (χ1n) is 8.99. The van der Waals surface area contributed by atoms with Gasteiger partial charge in [0.1, 0.15) is 17.2 Å². The number of esters is 2. The van der Waals surface area contributed by atoms with Gasteiger partial charge in [0.25, 0.3) is 5.91 Å². The standard InChI is InChI=1S/C20H26F3NO5/c1-19(2,3)28-15(25)8-7-14(18(27)29-20(4,5)6)24-17(26)11-9-12(21)16(23)13(22)10-11/h9-10,14H,7-8H2,1-6H3,(H,24,26)/t14-/m0/s1. The maximum atomic E-state index is 13.4. The molecule has 0 radical (unpaired) electrons. The lowest BCUT2D eigenvalue weighted by atomic mass is 10.1. The molecule has 0 aliphatic heterocycles. The van der Waals surface area contributed by atoms with Gasteiger partial charge in [-0.05, 0) is 60.1 Å². The first-order valence-corrected chi connectivity index (χ1v) is 8.99. The van der Waals surface area contributed by atoms with Gasteiger partial charge in [0.2, 0.25) is 0 Å². The summed E-state index contributed by atoms with van der Waals surface area (Å²) in [4.78, 5) is 36.7. The number of amides is 1. The van der Waals surface area contributed by atoms with Crippen LogP contribution in [-0.4, -0.2) is 35.1 Å². The molecule has 1 N–H and O–H groups in total. The Bertz CT molecular complexity index is 758. The normalized spacial score (nSPS) is 12.9. The highest BCUT2D eigenvalue weighted by atomic mass is 19.2. The highest BCUT2D eigenvalue weighted by Gasteiger charge is 2.29. The molecule has 0 aliphatic rings. The third-order valence-corrected chi connectivity index (χ3v) is 3.30. The second-order valence-electron chi connectivity index (χ2n) is 8.44. The fourth-order valence-corrected chi connectivity index (χ4v) is 2.20. The number of hydrogen-bond acceptors (Lipinski definition) is 5. The average molecular weight is 417 g/mol. The summed E-state index contributed by atoms with van der Waals surface area (Å²) in [5, 5.41) is 2.27. The van der Waals surface area contributed by atoms with E-state index in [2.05, 4.69) is 5.32 Å². The van der Waals surface area contributed by atoms with Crippen molar-refractivity contribution in [3.05, 3.63) is 35.1 Å². The van der Waals surface area contributed by atoms with E-state index in [0.717, 1.165) is 0 Å². The van der Waals surface area contributed by atoms with Gasteiger partial charge in [-0.25, -0.2) is 18.0 Å². The van der Waals surface area contributed by atoms with Crippen LogP contribution in [0.25, 0.3) is 0 Å². The van der Waals surface area contributed by atoms with Crippen LogP contribution in [0.15, 0.2) is 12.1 Å². The molecule has 1 amide bonds. The van der Waals surface area contributed by atoms with Gasteiger partial charge in [0.15, 0.2) is 17.5 Å². The van der Waals surface area contributed by atoms with Gasteiger partial charge in [-0.3, -0.25) is 9.59 Å². The lowest BCUT2D eigenvalue weighted by Crippen LogP contribution is -2.44. The molecule has 0 saturated heterocycles. The topological polar surface area (TPSA) is 81.7 Å².